The molecule has 2 heterocycles. The first-order chi connectivity index (χ1) is 27.8. The highest BCUT2D eigenvalue weighted by molar-refractivity contribution is 14.1. The number of hydrogen-bond donors (Lipinski definition) is 2. The number of fused-ring (bicyclic) bond motifs is 1. The third-order valence-electron chi connectivity index (χ3n) is 9.79. The Morgan fingerprint density at radius 1 is 0.862 bits per heavy atom. The van der Waals surface area contributed by atoms with Gasteiger partial charge in [-0.1, -0.05) is 11.6 Å². The Morgan fingerprint density at radius 2 is 1.62 bits per heavy atom. The highest BCUT2D eigenvalue weighted by Crippen LogP contribution is 2.29. The van der Waals surface area contributed by atoms with E-state index in [9.17, 15) is 22.8 Å². The SMILES string of the molecule is COc1ccc(S(=O)(=O)N(CCNc2cc(C)nc3ccc(I)cc23)CCC(=O)Nc2ccc(C(=O)N3CCCCC3)cc2OCC(=O)c2ccc(C)cc2I)cc1. The van der Waals surface area contributed by atoms with Crippen LogP contribution in [0.25, 0.3) is 10.9 Å². The molecule has 0 unspecified atom stereocenters. The number of ketones is 1. The van der Waals surface area contributed by atoms with Gasteiger partial charge >= 0.3 is 0 Å². The maximum Gasteiger partial charge on any atom is 0.253 e. The first-order valence-electron chi connectivity index (χ1n) is 18.9. The van der Waals surface area contributed by atoms with Gasteiger partial charge < -0.3 is 25.0 Å². The summed E-state index contributed by atoms with van der Waals surface area (Å²) in [6.45, 7) is 5.00. The number of methoxy groups -OCH3 is 1. The van der Waals surface area contributed by atoms with Crippen LogP contribution in [0.2, 0.25) is 0 Å². The average molecular weight is 1030 g/mol. The quantitative estimate of drug-likeness (QED) is 0.0740. The fourth-order valence-corrected chi connectivity index (χ4v) is 9.61. The summed E-state index contributed by atoms with van der Waals surface area (Å²) in [6.07, 6.45) is 2.72. The van der Waals surface area contributed by atoms with Crippen LogP contribution in [0.5, 0.6) is 11.5 Å². The van der Waals surface area contributed by atoms with Gasteiger partial charge in [0, 0.05) is 74.2 Å². The molecule has 5 aromatic rings. The highest BCUT2D eigenvalue weighted by Gasteiger charge is 2.26. The zero-order chi connectivity index (χ0) is 41.4. The molecule has 15 heteroatoms. The van der Waals surface area contributed by atoms with Gasteiger partial charge in [-0.3, -0.25) is 19.4 Å². The number of rotatable bonds is 16. The third kappa shape index (κ3) is 10.8. The Morgan fingerprint density at radius 3 is 2.34 bits per heavy atom. The summed E-state index contributed by atoms with van der Waals surface area (Å²) in [6, 6.07) is 24.3. The number of amides is 2. The van der Waals surface area contributed by atoms with Gasteiger partial charge in [-0.25, -0.2) is 8.42 Å². The Hall–Kier alpha value is -4.33. The van der Waals surface area contributed by atoms with Crippen molar-refractivity contribution in [2.75, 3.05) is 57.1 Å². The summed E-state index contributed by atoms with van der Waals surface area (Å²) in [5.41, 5.74) is 4.63. The molecule has 6 rings (SSSR count). The molecular weight excluding hydrogens is 984 g/mol. The van der Waals surface area contributed by atoms with Crippen LogP contribution in [0.15, 0.2) is 89.8 Å². The predicted molar refractivity (Wildman–Crippen MR) is 243 cm³/mol. The number of pyridine rings is 1. The number of piperidine rings is 1. The minimum absolute atomic E-state index is 0.0516. The van der Waals surface area contributed by atoms with Crippen LogP contribution in [0.4, 0.5) is 11.4 Å². The van der Waals surface area contributed by atoms with E-state index in [1.54, 1.807) is 41.3 Å². The Balaban J connectivity index is 1.21. The Kier molecular flexibility index (Phi) is 14.6. The summed E-state index contributed by atoms with van der Waals surface area (Å²) in [7, 11) is -2.55. The highest BCUT2D eigenvalue weighted by atomic mass is 127. The summed E-state index contributed by atoms with van der Waals surface area (Å²) in [5.74, 6) is -0.217. The number of aromatic nitrogens is 1. The van der Waals surface area contributed by atoms with Crippen LogP contribution in [0, 0.1) is 21.0 Å². The van der Waals surface area contributed by atoms with Crippen LogP contribution in [0.1, 0.15) is 57.7 Å². The Labute approximate surface area is 366 Å². The third-order valence-corrected chi connectivity index (χ3v) is 13.3. The molecule has 58 heavy (non-hydrogen) atoms. The number of carbonyl (C=O) groups excluding carboxylic acids is 3. The number of benzene rings is 4. The number of nitrogens with one attached hydrogen (secondary N) is 2. The molecule has 0 spiro atoms. The number of likely N-dealkylation sites (tertiary alicyclic amines) is 1. The number of hydrogen-bond acceptors (Lipinski definition) is 9. The van der Waals surface area contributed by atoms with Gasteiger partial charge in [-0.15, -0.1) is 0 Å². The molecule has 0 bridgehead atoms. The molecule has 304 valence electrons. The van der Waals surface area contributed by atoms with Gasteiger partial charge in [0.2, 0.25) is 21.7 Å². The molecule has 2 amide bonds. The molecule has 4 aromatic carbocycles. The lowest BCUT2D eigenvalue weighted by molar-refractivity contribution is -0.116. The van der Waals surface area contributed by atoms with Gasteiger partial charge in [0.15, 0.2) is 6.61 Å². The van der Waals surface area contributed by atoms with Crippen molar-refractivity contribution in [2.24, 2.45) is 0 Å². The number of nitrogens with zero attached hydrogens (tertiary/aromatic N) is 3. The molecule has 0 saturated carbocycles. The van der Waals surface area contributed by atoms with Crippen LogP contribution in [0.3, 0.4) is 0 Å². The lowest BCUT2D eigenvalue weighted by atomic mass is 10.1. The predicted octanol–water partition coefficient (Wildman–Crippen LogP) is 8.09. The number of anilines is 2. The van der Waals surface area contributed by atoms with Crippen molar-refractivity contribution in [3.63, 3.8) is 0 Å². The van der Waals surface area contributed by atoms with E-state index >= 15 is 0 Å². The average Bonchev–Trinajstić information content (AvgIpc) is 3.21. The van der Waals surface area contributed by atoms with Gasteiger partial charge in [0.1, 0.15) is 11.5 Å². The second-order valence-corrected chi connectivity index (χ2v) is 18.4. The minimum atomic E-state index is -4.05. The van der Waals surface area contributed by atoms with Crippen LogP contribution >= 0.6 is 45.2 Å². The lowest BCUT2D eigenvalue weighted by Crippen LogP contribution is -2.37. The molecule has 1 saturated heterocycles. The standard InChI is InChI=1S/C43H45I2N5O7S/c1-28-7-14-34(36(45)23-28)40(51)27-57-41-25-30(43(53)49-19-5-4-6-20-49)8-15-38(41)48-42(52)17-21-50(58(54,55)33-12-10-32(56-3)11-13-33)22-18-46-39-24-29(2)47-37-16-9-31(44)26-35(37)39/h7-16,23-26H,4-6,17-22,27H2,1-3H3,(H,46,47)(H,48,52). The molecule has 1 aliphatic heterocycles. The van der Waals surface area contributed by atoms with Crippen molar-refractivity contribution < 1.29 is 32.3 Å². The van der Waals surface area contributed by atoms with Gasteiger partial charge in [0.05, 0.1) is 23.2 Å². The second-order valence-electron chi connectivity index (χ2n) is 14.0. The van der Waals surface area contributed by atoms with Crippen molar-refractivity contribution in [1.82, 2.24) is 14.2 Å². The van der Waals surface area contributed by atoms with E-state index < -0.39 is 15.9 Å². The molecule has 2 N–H and O–H groups in total. The zero-order valence-corrected chi connectivity index (χ0v) is 37.6. The Bertz CT molecular complexity index is 2420. The molecular formula is C43H45I2N5O7S. The van der Waals surface area contributed by atoms with E-state index in [4.69, 9.17) is 9.47 Å². The number of ether oxygens (including phenoxy) is 2. The summed E-state index contributed by atoms with van der Waals surface area (Å²) >= 11 is 4.36. The van der Waals surface area contributed by atoms with E-state index in [2.05, 4.69) is 60.8 Å². The maximum atomic E-state index is 14.1. The van der Waals surface area contributed by atoms with E-state index in [1.807, 2.05) is 50.2 Å². The molecule has 12 nitrogen and oxygen atoms in total. The molecule has 0 aliphatic carbocycles. The fraction of sp³-hybridized carbons (Fsp3) is 0.302. The van der Waals surface area contributed by atoms with Crippen molar-refractivity contribution >= 4 is 95.1 Å². The largest absolute Gasteiger partial charge is 0.497 e. The molecule has 0 radical (unpaired) electrons. The van der Waals surface area contributed by atoms with Crippen molar-refractivity contribution in [2.45, 2.75) is 44.4 Å². The van der Waals surface area contributed by atoms with E-state index in [1.165, 1.54) is 23.5 Å². The van der Waals surface area contributed by atoms with Crippen molar-refractivity contribution in [3.8, 4) is 11.5 Å². The number of Topliss-reactive ketones (excluding diaryl/α,β-unsaturated/α-hetero) is 1. The van der Waals surface area contributed by atoms with E-state index in [-0.39, 0.29) is 60.7 Å². The van der Waals surface area contributed by atoms with Crippen LogP contribution < -0.4 is 20.1 Å². The maximum absolute atomic E-state index is 14.1. The summed E-state index contributed by atoms with van der Waals surface area (Å²) in [5, 5.41) is 7.16. The van der Waals surface area contributed by atoms with Crippen LogP contribution in [-0.4, -0.2) is 86.6 Å². The second kappa shape index (κ2) is 19.6. The van der Waals surface area contributed by atoms with Crippen molar-refractivity contribution in [3.05, 3.63) is 114 Å². The van der Waals surface area contributed by atoms with E-state index in [0.717, 1.165) is 54.3 Å². The minimum Gasteiger partial charge on any atom is -0.497 e. The van der Waals surface area contributed by atoms with Gasteiger partial charge in [-0.2, -0.15) is 4.31 Å². The van der Waals surface area contributed by atoms with E-state index in [0.29, 0.717) is 30.0 Å². The number of sulfonamides is 1. The molecule has 1 fully saturated rings. The summed E-state index contributed by atoms with van der Waals surface area (Å²) in [4.78, 5) is 46.9. The van der Waals surface area contributed by atoms with Crippen molar-refractivity contribution in [1.29, 1.82) is 0 Å². The molecule has 0 atom stereocenters. The molecule has 1 aromatic heterocycles. The number of halogens is 2. The van der Waals surface area contributed by atoms with Crippen LogP contribution in [-0.2, 0) is 14.8 Å². The smallest absolute Gasteiger partial charge is 0.253 e. The lowest BCUT2D eigenvalue weighted by Gasteiger charge is -2.27. The normalized spacial score (nSPS) is 13.0. The first-order valence-corrected chi connectivity index (χ1v) is 22.5. The van der Waals surface area contributed by atoms with Gasteiger partial charge in [-0.05, 0) is 157 Å². The number of aryl methyl sites for hydroxylation is 2. The fourth-order valence-electron chi connectivity index (χ4n) is 6.70. The first kappa shape index (κ1) is 43.3. The monoisotopic (exact) mass is 1030 g/mol. The van der Waals surface area contributed by atoms with Gasteiger partial charge in [0.25, 0.3) is 5.91 Å². The zero-order valence-electron chi connectivity index (χ0n) is 32.5. The topological polar surface area (TPSA) is 147 Å². The number of carbonyl (C=O) groups is 3. The summed E-state index contributed by atoms with van der Waals surface area (Å²) < 4.78 is 42.5. The molecule has 1 aliphatic rings.